The molecule has 0 aliphatic heterocycles. The van der Waals surface area contributed by atoms with E-state index in [0.717, 1.165) is 5.69 Å². The Hall–Kier alpha value is -2.93. The predicted octanol–water partition coefficient (Wildman–Crippen LogP) is 1.57. The lowest BCUT2D eigenvalue weighted by atomic mass is 10.2. The van der Waals surface area contributed by atoms with E-state index in [9.17, 15) is 9.59 Å². The summed E-state index contributed by atoms with van der Waals surface area (Å²) in [7, 11) is 1.62. The van der Waals surface area contributed by atoms with Gasteiger partial charge in [0, 0.05) is 25.2 Å². The molecule has 0 saturated carbocycles. The molecule has 124 valence electrons. The molecule has 0 spiro atoms. The number of nitrogens with zero attached hydrogens (tertiary/aromatic N) is 2. The molecule has 1 aromatic carbocycles. The second-order valence-corrected chi connectivity index (χ2v) is 5.24. The maximum Gasteiger partial charge on any atom is 0.349 e. The largest absolute Gasteiger partial charge is 0.422 e. The molecule has 1 amide bonds. The second-order valence-electron chi connectivity index (χ2n) is 5.24. The molecule has 0 fully saturated rings. The van der Waals surface area contributed by atoms with Crippen molar-refractivity contribution in [3.8, 4) is 0 Å². The van der Waals surface area contributed by atoms with Crippen LogP contribution in [0.2, 0.25) is 0 Å². The van der Waals surface area contributed by atoms with E-state index < -0.39 is 11.5 Å². The lowest BCUT2D eigenvalue weighted by molar-refractivity contribution is 0.0946. The zero-order valence-corrected chi connectivity index (χ0v) is 13.2. The summed E-state index contributed by atoms with van der Waals surface area (Å²) in [4.78, 5) is 28.3. The predicted molar refractivity (Wildman–Crippen MR) is 87.8 cm³/mol. The van der Waals surface area contributed by atoms with Crippen LogP contribution in [-0.4, -0.2) is 29.2 Å². The molecule has 0 saturated heterocycles. The Bertz CT molecular complexity index is 913. The highest BCUT2D eigenvalue weighted by atomic mass is 16.5. The van der Waals surface area contributed by atoms with E-state index in [1.54, 1.807) is 43.9 Å². The molecule has 0 radical (unpaired) electrons. The van der Waals surface area contributed by atoms with E-state index in [1.165, 1.54) is 0 Å². The number of carbonyl (C=O) groups excluding carboxylic acids is 1. The van der Waals surface area contributed by atoms with Gasteiger partial charge >= 0.3 is 5.63 Å². The minimum atomic E-state index is -0.654. The summed E-state index contributed by atoms with van der Waals surface area (Å²) in [6, 6.07) is 8.60. The first-order chi connectivity index (χ1) is 11.7. The number of methoxy groups -OCH3 is 1. The number of rotatable bonds is 6. The molecular formula is C17H17N3O4. The highest BCUT2D eigenvalue weighted by Gasteiger charge is 2.14. The number of ether oxygens (including phenoxy) is 1. The summed E-state index contributed by atoms with van der Waals surface area (Å²) >= 11 is 0. The van der Waals surface area contributed by atoms with Crippen LogP contribution in [0.3, 0.4) is 0 Å². The lowest BCUT2D eigenvalue weighted by Gasteiger charge is -2.08. The van der Waals surface area contributed by atoms with Gasteiger partial charge in [-0.2, -0.15) is 0 Å². The first-order valence-electron chi connectivity index (χ1n) is 7.48. The molecule has 7 nitrogen and oxygen atoms in total. The molecule has 0 unspecified atom stereocenters. The third kappa shape index (κ3) is 3.36. The number of imidazole rings is 1. The minimum absolute atomic E-state index is 0.0170. The van der Waals surface area contributed by atoms with Crippen molar-refractivity contribution in [3.63, 3.8) is 0 Å². The molecule has 0 atom stereocenters. The van der Waals surface area contributed by atoms with Gasteiger partial charge in [-0.05, 0) is 12.1 Å². The molecule has 2 aromatic heterocycles. The van der Waals surface area contributed by atoms with Gasteiger partial charge in [0.1, 0.15) is 11.1 Å². The Morgan fingerprint density at radius 3 is 3.04 bits per heavy atom. The zero-order valence-electron chi connectivity index (χ0n) is 13.2. The summed E-state index contributed by atoms with van der Waals surface area (Å²) in [5.41, 5.74) is 0.609. The van der Waals surface area contributed by atoms with Gasteiger partial charge in [0.2, 0.25) is 0 Å². The number of aromatic nitrogens is 2. The molecule has 2 heterocycles. The number of carbonyl (C=O) groups is 1. The summed E-state index contributed by atoms with van der Waals surface area (Å²) in [5, 5.41) is 3.42. The summed E-state index contributed by atoms with van der Waals surface area (Å²) < 4.78 is 12.1. The standard InChI is InChI=1S/C17H17N3O4/c1-23-7-6-20-11-18-9-13(20)10-19-16(21)14-8-12-4-2-3-5-15(12)24-17(14)22/h2-5,8-9,11H,6-7,10H2,1H3,(H,19,21). The Kier molecular flexibility index (Phi) is 4.72. The van der Waals surface area contributed by atoms with Crippen LogP contribution in [0.1, 0.15) is 16.1 Å². The van der Waals surface area contributed by atoms with Crippen LogP contribution < -0.4 is 10.9 Å². The first-order valence-corrected chi connectivity index (χ1v) is 7.48. The van der Waals surface area contributed by atoms with Crippen molar-refractivity contribution >= 4 is 16.9 Å². The SMILES string of the molecule is COCCn1cncc1CNC(=O)c1cc2ccccc2oc1=O. The van der Waals surface area contributed by atoms with E-state index in [4.69, 9.17) is 9.15 Å². The fraction of sp³-hybridized carbons (Fsp3) is 0.235. The maximum atomic E-state index is 12.3. The molecule has 0 bridgehead atoms. The highest BCUT2D eigenvalue weighted by molar-refractivity contribution is 5.96. The van der Waals surface area contributed by atoms with Gasteiger partial charge in [0.05, 0.1) is 25.2 Å². The Balaban J connectivity index is 1.75. The molecule has 3 aromatic rings. The van der Waals surface area contributed by atoms with Gasteiger partial charge in [-0.1, -0.05) is 18.2 Å². The van der Waals surface area contributed by atoms with Crippen LogP contribution in [0.4, 0.5) is 0 Å². The van der Waals surface area contributed by atoms with Crippen LogP contribution in [0.15, 0.2) is 52.1 Å². The monoisotopic (exact) mass is 327 g/mol. The molecule has 7 heteroatoms. The number of hydrogen-bond donors (Lipinski definition) is 1. The number of para-hydroxylation sites is 1. The van der Waals surface area contributed by atoms with Crippen LogP contribution >= 0.6 is 0 Å². The van der Waals surface area contributed by atoms with Crippen molar-refractivity contribution in [1.29, 1.82) is 0 Å². The van der Waals surface area contributed by atoms with Crippen LogP contribution in [0.25, 0.3) is 11.0 Å². The van der Waals surface area contributed by atoms with Crippen LogP contribution in [0.5, 0.6) is 0 Å². The highest BCUT2D eigenvalue weighted by Crippen LogP contribution is 2.12. The van der Waals surface area contributed by atoms with Gasteiger partial charge in [-0.3, -0.25) is 4.79 Å². The van der Waals surface area contributed by atoms with E-state index in [0.29, 0.717) is 24.1 Å². The van der Waals surface area contributed by atoms with Crippen molar-refractivity contribution in [2.75, 3.05) is 13.7 Å². The average molecular weight is 327 g/mol. The third-order valence-electron chi connectivity index (χ3n) is 3.65. The number of fused-ring (bicyclic) bond motifs is 1. The fourth-order valence-electron chi connectivity index (χ4n) is 2.37. The van der Waals surface area contributed by atoms with Crippen molar-refractivity contribution in [1.82, 2.24) is 14.9 Å². The molecule has 24 heavy (non-hydrogen) atoms. The smallest absolute Gasteiger partial charge is 0.349 e. The maximum absolute atomic E-state index is 12.3. The average Bonchev–Trinajstić information content (AvgIpc) is 3.04. The minimum Gasteiger partial charge on any atom is -0.422 e. The lowest BCUT2D eigenvalue weighted by Crippen LogP contribution is -2.28. The molecule has 3 rings (SSSR count). The van der Waals surface area contributed by atoms with Crippen molar-refractivity contribution in [2.24, 2.45) is 0 Å². The van der Waals surface area contributed by atoms with E-state index >= 15 is 0 Å². The number of hydrogen-bond acceptors (Lipinski definition) is 5. The topological polar surface area (TPSA) is 86.4 Å². The number of amides is 1. The van der Waals surface area contributed by atoms with E-state index in [2.05, 4.69) is 10.3 Å². The van der Waals surface area contributed by atoms with Crippen LogP contribution in [-0.2, 0) is 17.8 Å². The number of benzene rings is 1. The molecule has 0 aliphatic rings. The van der Waals surface area contributed by atoms with E-state index in [1.807, 2.05) is 10.6 Å². The quantitative estimate of drug-likeness (QED) is 0.695. The van der Waals surface area contributed by atoms with Gasteiger partial charge in [0.25, 0.3) is 5.91 Å². The van der Waals surface area contributed by atoms with Gasteiger partial charge in [-0.15, -0.1) is 0 Å². The summed E-state index contributed by atoms with van der Waals surface area (Å²) in [6.45, 7) is 1.44. The first kappa shape index (κ1) is 15.9. The third-order valence-corrected chi connectivity index (χ3v) is 3.65. The van der Waals surface area contributed by atoms with Crippen molar-refractivity contribution in [3.05, 3.63) is 64.5 Å². The van der Waals surface area contributed by atoms with Crippen molar-refractivity contribution in [2.45, 2.75) is 13.1 Å². The van der Waals surface area contributed by atoms with Gasteiger partial charge in [0.15, 0.2) is 0 Å². The normalized spacial score (nSPS) is 10.9. The van der Waals surface area contributed by atoms with Crippen LogP contribution in [0, 0.1) is 0 Å². The summed E-state index contributed by atoms with van der Waals surface area (Å²) in [5.74, 6) is -0.478. The van der Waals surface area contributed by atoms with Gasteiger partial charge < -0.3 is 19.0 Å². The Morgan fingerprint density at radius 1 is 1.38 bits per heavy atom. The van der Waals surface area contributed by atoms with E-state index in [-0.39, 0.29) is 12.1 Å². The second kappa shape index (κ2) is 7.10. The fourth-order valence-corrected chi connectivity index (χ4v) is 2.37. The summed E-state index contributed by atoms with van der Waals surface area (Å²) in [6.07, 6.45) is 3.34. The molecular weight excluding hydrogens is 310 g/mol. The molecule has 0 aliphatic carbocycles. The van der Waals surface area contributed by atoms with Gasteiger partial charge in [-0.25, -0.2) is 9.78 Å². The number of nitrogens with one attached hydrogen (secondary N) is 1. The zero-order chi connectivity index (χ0) is 16.9. The Morgan fingerprint density at radius 2 is 2.21 bits per heavy atom. The van der Waals surface area contributed by atoms with Crippen molar-refractivity contribution < 1.29 is 13.9 Å². The molecule has 1 N–H and O–H groups in total. The Labute approximate surface area is 137 Å².